The van der Waals surface area contributed by atoms with Gasteiger partial charge in [0.1, 0.15) is 0 Å². The average Bonchev–Trinajstić information content (AvgIpc) is 3.14. The summed E-state index contributed by atoms with van der Waals surface area (Å²) < 4.78 is 1.44. The first-order valence-corrected chi connectivity index (χ1v) is 25.1. The van der Waals surface area contributed by atoms with Crippen molar-refractivity contribution in [1.82, 2.24) is 0 Å². The molecule has 0 radical (unpaired) electrons. The Morgan fingerprint density at radius 1 is 0.176 bits per heavy atom. The Bertz CT molecular complexity index is 519. The summed E-state index contributed by atoms with van der Waals surface area (Å²) in [5.74, 6) is 0. The van der Waals surface area contributed by atoms with E-state index >= 15 is 0 Å². The van der Waals surface area contributed by atoms with Crippen molar-refractivity contribution < 1.29 is 4.48 Å². The molecule has 0 heterocycles. The van der Waals surface area contributed by atoms with E-state index < -0.39 is 0 Å². The second-order valence-electron chi connectivity index (χ2n) is 17.6. The molecule has 1 heteroatoms. The van der Waals surface area contributed by atoms with Crippen LogP contribution in [0.5, 0.6) is 0 Å². The number of nitrogens with zero attached hydrogens (tertiary/aromatic N) is 1. The zero-order valence-corrected chi connectivity index (χ0v) is 37.0. The smallest absolute Gasteiger partial charge is 0.0786 e. The first kappa shape index (κ1) is 51.0. The minimum Gasteiger partial charge on any atom is -0.324 e. The van der Waals surface area contributed by atoms with Crippen LogP contribution in [-0.4, -0.2) is 30.7 Å². The molecule has 0 saturated heterocycles. The number of hydrogen-bond donors (Lipinski definition) is 0. The van der Waals surface area contributed by atoms with Crippen LogP contribution in [-0.2, 0) is 0 Å². The highest BCUT2D eigenvalue weighted by Gasteiger charge is 2.23. The van der Waals surface area contributed by atoms with Crippen molar-refractivity contribution >= 4 is 0 Å². The Kier molecular flexibility index (Phi) is 44.3. The first-order chi connectivity index (χ1) is 25.2. The molecule has 0 aromatic heterocycles. The molecule has 51 heavy (non-hydrogen) atoms. The van der Waals surface area contributed by atoms with Crippen LogP contribution < -0.4 is 0 Å². The van der Waals surface area contributed by atoms with Gasteiger partial charge in [0.2, 0.25) is 0 Å². The molecule has 0 aromatic rings. The molecule has 0 N–H and O–H groups in total. The highest BCUT2D eigenvalue weighted by Crippen LogP contribution is 2.20. The molecule has 0 bridgehead atoms. The molecule has 0 atom stereocenters. The third kappa shape index (κ3) is 39.5. The van der Waals surface area contributed by atoms with Crippen molar-refractivity contribution in [3.63, 3.8) is 0 Å². The summed E-state index contributed by atoms with van der Waals surface area (Å²) in [4.78, 5) is 0. The van der Waals surface area contributed by atoms with E-state index in [2.05, 4.69) is 27.7 Å². The zero-order valence-electron chi connectivity index (χ0n) is 37.0. The van der Waals surface area contributed by atoms with Crippen LogP contribution in [0.15, 0.2) is 0 Å². The van der Waals surface area contributed by atoms with Gasteiger partial charge in [-0.1, -0.05) is 252 Å². The molecule has 0 aromatic carbocycles. The van der Waals surface area contributed by atoms with E-state index in [9.17, 15) is 0 Å². The summed E-state index contributed by atoms with van der Waals surface area (Å²) in [6.07, 6.45) is 61.8. The molecule has 0 unspecified atom stereocenters. The van der Waals surface area contributed by atoms with Crippen LogP contribution in [0, 0.1) is 0 Å². The molecule has 1 nitrogen and oxygen atoms in total. The van der Waals surface area contributed by atoms with Crippen LogP contribution in [0.25, 0.3) is 0 Å². The van der Waals surface area contributed by atoms with E-state index in [1.807, 2.05) is 0 Å². The predicted octanol–water partition coefficient (Wildman–Crippen LogP) is 18.3. The largest absolute Gasteiger partial charge is 0.324 e. The van der Waals surface area contributed by atoms with E-state index in [4.69, 9.17) is 0 Å². The second-order valence-corrected chi connectivity index (χ2v) is 17.6. The van der Waals surface area contributed by atoms with Crippen LogP contribution >= 0.6 is 0 Å². The molecule has 0 saturated carbocycles. The highest BCUT2D eigenvalue weighted by atomic mass is 15.3. The number of unbranched alkanes of at least 4 members (excludes halogenated alkanes) is 39. The summed E-state index contributed by atoms with van der Waals surface area (Å²) >= 11 is 0. The molecular weight excluding hydrogens is 615 g/mol. The lowest BCUT2D eigenvalue weighted by atomic mass is 10.0. The van der Waals surface area contributed by atoms with Crippen molar-refractivity contribution in [3.8, 4) is 0 Å². The van der Waals surface area contributed by atoms with Gasteiger partial charge in [-0.2, -0.15) is 0 Å². The minimum absolute atomic E-state index is 1.37. The van der Waals surface area contributed by atoms with Gasteiger partial charge in [-0.05, 0) is 45.4 Å². The molecule has 0 aliphatic rings. The quantitative estimate of drug-likeness (QED) is 0.0434. The van der Waals surface area contributed by atoms with Crippen LogP contribution in [0.2, 0.25) is 0 Å². The van der Waals surface area contributed by atoms with Gasteiger partial charge in [0.25, 0.3) is 0 Å². The van der Waals surface area contributed by atoms with Gasteiger partial charge in [-0.15, -0.1) is 0 Å². The second kappa shape index (κ2) is 44.4. The standard InChI is InChI=1S/C50H104N/c1-5-9-12-15-18-21-24-27-30-33-36-39-42-45-48-51(8-4,49-46-43-40-37-34-31-28-25-22-19-16-13-10-6-2)50-47-44-41-38-35-32-29-26-23-20-17-14-11-7-3/h5-50H2,1-4H3/q+1. The Balaban J connectivity index is 4.20. The van der Waals surface area contributed by atoms with E-state index in [0.29, 0.717) is 0 Å². The molecule has 0 spiro atoms. The topological polar surface area (TPSA) is 0 Å². The molecule has 0 rings (SSSR count). The Morgan fingerprint density at radius 2 is 0.314 bits per heavy atom. The average molecular weight is 719 g/mol. The minimum atomic E-state index is 1.37. The summed E-state index contributed by atoms with van der Waals surface area (Å²) in [5, 5.41) is 0. The zero-order chi connectivity index (χ0) is 37.0. The third-order valence-electron chi connectivity index (χ3n) is 12.6. The third-order valence-corrected chi connectivity index (χ3v) is 12.6. The monoisotopic (exact) mass is 719 g/mol. The van der Waals surface area contributed by atoms with E-state index in [1.165, 1.54) is 300 Å². The summed E-state index contributed by atoms with van der Waals surface area (Å²) in [6, 6.07) is 0. The van der Waals surface area contributed by atoms with Gasteiger partial charge in [0, 0.05) is 0 Å². The van der Waals surface area contributed by atoms with E-state index in [1.54, 1.807) is 0 Å². The summed E-state index contributed by atoms with van der Waals surface area (Å²) in [5.41, 5.74) is 0. The maximum absolute atomic E-state index is 2.53. The Labute approximate surface area is 327 Å². The lowest BCUT2D eigenvalue weighted by molar-refractivity contribution is -0.927. The highest BCUT2D eigenvalue weighted by molar-refractivity contribution is 4.55. The van der Waals surface area contributed by atoms with Gasteiger partial charge >= 0.3 is 0 Å². The van der Waals surface area contributed by atoms with Gasteiger partial charge in [0.05, 0.1) is 26.2 Å². The Morgan fingerprint density at radius 3 is 0.451 bits per heavy atom. The van der Waals surface area contributed by atoms with Gasteiger partial charge < -0.3 is 4.48 Å². The van der Waals surface area contributed by atoms with E-state index in [-0.39, 0.29) is 0 Å². The number of quaternary nitrogens is 1. The summed E-state index contributed by atoms with van der Waals surface area (Å²) in [6.45, 7) is 15.3. The normalized spacial score (nSPS) is 12.0. The number of hydrogen-bond acceptors (Lipinski definition) is 0. The van der Waals surface area contributed by atoms with Crippen molar-refractivity contribution in [2.75, 3.05) is 26.2 Å². The van der Waals surface area contributed by atoms with Crippen molar-refractivity contribution in [3.05, 3.63) is 0 Å². The molecule has 0 aliphatic heterocycles. The predicted molar refractivity (Wildman–Crippen MR) is 236 cm³/mol. The van der Waals surface area contributed by atoms with Crippen molar-refractivity contribution in [2.45, 2.75) is 297 Å². The van der Waals surface area contributed by atoms with Crippen LogP contribution in [0.4, 0.5) is 0 Å². The Hall–Kier alpha value is -0.0400. The SMILES string of the molecule is CCCCCCCCCCCCCCCC[N+](CC)(CCCCCCCCCCCCCCCC)CCCCCCCCCCCCCCCC. The molecule has 0 aliphatic carbocycles. The summed E-state index contributed by atoms with van der Waals surface area (Å²) in [7, 11) is 0. The fourth-order valence-electron chi connectivity index (χ4n) is 8.74. The maximum Gasteiger partial charge on any atom is 0.0786 e. The van der Waals surface area contributed by atoms with Crippen LogP contribution in [0.1, 0.15) is 297 Å². The molecule has 0 fully saturated rings. The van der Waals surface area contributed by atoms with Crippen molar-refractivity contribution in [1.29, 1.82) is 0 Å². The van der Waals surface area contributed by atoms with E-state index in [0.717, 1.165) is 0 Å². The number of rotatable bonds is 46. The fourth-order valence-corrected chi connectivity index (χ4v) is 8.74. The van der Waals surface area contributed by atoms with Gasteiger partial charge in [0.15, 0.2) is 0 Å². The molecular formula is C50H104N+. The lowest BCUT2D eigenvalue weighted by Crippen LogP contribution is -2.50. The first-order valence-electron chi connectivity index (χ1n) is 25.1. The molecule has 0 amide bonds. The van der Waals surface area contributed by atoms with Gasteiger partial charge in [-0.25, -0.2) is 0 Å². The van der Waals surface area contributed by atoms with Crippen molar-refractivity contribution in [2.24, 2.45) is 0 Å². The fraction of sp³-hybridized carbons (Fsp3) is 1.00. The van der Waals surface area contributed by atoms with Crippen LogP contribution in [0.3, 0.4) is 0 Å². The molecule has 308 valence electrons. The maximum atomic E-state index is 2.53. The lowest BCUT2D eigenvalue weighted by Gasteiger charge is -2.38. The van der Waals surface area contributed by atoms with Gasteiger partial charge in [-0.3, -0.25) is 0 Å².